The maximum absolute atomic E-state index is 12.4. The molecule has 120 valence electrons. The number of para-hydroxylation sites is 2. The second-order valence-electron chi connectivity index (χ2n) is 6.05. The maximum Gasteiger partial charge on any atom is 0.306 e. The van der Waals surface area contributed by atoms with E-state index >= 15 is 0 Å². The number of hydrogen-bond acceptors (Lipinski definition) is 3. The lowest BCUT2D eigenvalue weighted by atomic mass is 9.81. The molecule has 1 aromatic carbocycles. The monoisotopic (exact) mass is 305 g/mol. The highest BCUT2D eigenvalue weighted by Crippen LogP contribution is 2.31. The Labute approximate surface area is 130 Å². The molecular weight excluding hydrogens is 282 g/mol. The van der Waals surface area contributed by atoms with Crippen molar-refractivity contribution in [3.63, 3.8) is 0 Å². The summed E-state index contributed by atoms with van der Waals surface area (Å²) in [6.07, 6.45) is 2.60. The van der Waals surface area contributed by atoms with Gasteiger partial charge in [-0.25, -0.2) is 0 Å². The van der Waals surface area contributed by atoms with Crippen LogP contribution in [0.5, 0.6) is 5.75 Å². The normalized spacial score (nSPS) is 21.4. The van der Waals surface area contributed by atoms with Gasteiger partial charge in [-0.3, -0.25) is 9.59 Å². The molecule has 2 rings (SSSR count). The highest BCUT2D eigenvalue weighted by molar-refractivity contribution is 5.94. The molecule has 5 nitrogen and oxygen atoms in total. The summed E-state index contributed by atoms with van der Waals surface area (Å²) in [5.74, 6) is -0.947. The van der Waals surface area contributed by atoms with Crippen LogP contribution in [0.2, 0.25) is 0 Å². The fraction of sp³-hybridized carbons (Fsp3) is 0.529. The van der Waals surface area contributed by atoms with Crippen LogP contribution in [0.4, 0.5) is 5.69 Å². The summed E-state index contributed by atoms with van der Waals surface area (Å²) in [5, 5.41) is 12.0. The van der Waals surface area contributed by atoms with Crippen molar-refractivity contribution in [2.24, 2.45) is 11.8 Å². The fourth-order valence-electron chi connectivity index (χ4n) is 2.81. The van der Waals surface area contributed by atoms with Gasteiger partial charge in [-0.05, 0) is 45.2 Å². The zero-order chi connectivity index (χ0) is 16.1. The van der Waals surface area contributed by atoms with Gasteiger partial charge in [0.05, 0.1) is 17.7 Å². The minimum Gasteiger partial charge on any atom is -0.489 e. The van der Waals surface area contributed by atoms with Gasteiger partial charge in [-0.1, -0.05) is 18.6 Å². The van der Waals surface area contributed by atoms with Gasteiger partial charge in [-0.15, -0.1) is 0 Å². The third-order valence-electron chi connectivity index (χ3n) is 3.90. The van der Waals surface area contributed by atoms with E-state index in [1.54, 1.807) is 6.07 Å². The van der Waals surface area contributed by atoms with Gasteiger partial charge < -0.3 is 15.2 Å². The topological polar surface area (TPSA) is 75.6 Å². The van der Waals surface area contributed by atoms with Gasteiger partial charge in [0.15, 0.2) is 0 Å². The Kier molecular flexibility index (Phi) is 5.41. The molecule has 2 unspecified atom stereocenters. The van der Waals surface area contributed by atoms with Crippen LogP contribution in [0.15, 0.2) is 24.3 Å². The number of nitrogens with one attached hydrogen (secondary N) is 1. The number of ether oxygens (including phenoxy) is 1. The number of rotatable bonds is 5. The third kappa shape index (κ3) is 4.23. The Morgan fingerprint density at radius 3 is 2.59 bits per heavy atom. The predicted molar refractivity (Wildman–Crippen MR) is 83.9 cm³/mol. The quantitative estimate of drug-likeness (QED) is 0.875. The Morgan fingerprint density at radius 2 is 1.91 bits per heavy atom. The highest BCUT2D eigenvalue weighted by Gasteiger charge is 2.31. The molecule has 0 radical (unpaired) electrons. The number of carboxylic acid groups (broad SMARTS) is 1. The van der Waals surface area contributed by atoms with Crippen molar-refractivity contribution >= 4 is 17.6 Å². The molecule has 1 fully saturated rings. The van der Waals surface area contributed by atoms with Crippen molar-refractivity contribution in [3.8, 4) is 5.75 Å². The molecule has 1 aliphatic rings. The fourth-order valence-corrected chi connectivity index (χ4v) is 2.81. The number of carbonyl (C=O) groups is 2. The zero-order valence-corrected chi connectivity index (χ0v) is 13.0. The van der Waals surface area contributed by atoms with Crippen molar-refractivity contribution in [1.82, 2.24) is 0 Å². The molecule has 2 N–H and O–H groups in total. The number of hydrogen-bond donors (Lipinski definition) is 2. The van der Waals surface area contributed by atoms with Gasteiger partial charge in [0.1, 0.15) is 5.75 Å². The molecule has 1 aromatic rings. The SMILES string of the molecule is CC(C)Oc1ccccc1NC(=O)C1CCCC(C(=O)O)C1. The first-order chi connectivity index (χ1) is 10.5. The lowest BCUT2D eigenvalue weighted by Gasteiger charge is -2.26. The molecule has 2 atom stereocenters. The Bertz CT molecular complexity index is 541. The van der Waals surface area contributed by atoms with Crippen molar-refractivity contribution in [1.29, 1.82) is 0 Å². The molecule has 0 saturated heterocycles. The first-order valence-electron chi connectivity index (χ1n) is 7.76. The largest absolute Gasteiger partial charge is 0.489 e. The number of amides is 1. The van der Waals surface area contributed by atoms with E-state index in [4.69, 9.17) is 9.84 Å². The van der Waals surface area contributed by atoms with Crippen LogP contribution in [0.1, 0.15) is 39.5 Å². The molecule has 5 heteroatoms. The van der Waals surface area contributed by atoms with Crippen LogP contribution in [-0.4, -0.2) is 23.1 Å². The molecule has 0 aromatic heterocycles. The summed E-state index contributed by atoms with van der Waals surface area (Å²) in [6.45, 7) is 3.86. The van der Waals surface area contributed by atoms with E-state index in [2.05, 4.69) is 5.32 Å². The lowest BCUT2D eigenvalue weighted by Crippen LogP contribution is -2.31. The Balaban J connectivity index is 2.04. The molecule has 0 heterocycles. The van der Waals surface area contributed by atoms with Crippen LogP contribution in [0.25, 0.3) is 0 Å². The van der Waals surface area contributed by atoms with Crippen molar-refractivity contribution in [2.45, 2.75) is 45.6 Å². The molecule has 1 amide bonds. The summed E-state index contributed by atoms with van der Waals surface area (Å²) in [7, 11) is 0. The van der Waals surface area contributed by atoms with E-state index in [1.807, 2.05) is 32.0 Å². The first kappa shape index (κ1) is 16.3. The minimum atomic E-state index is -0.805. The molecular formula is C17H23NO4. The average molecular weight is 305 g/mol. The summed E-state index contributed by atoms with van der Waals surface area (Å²) in [5.41, 5.74) is 0.638. The number of carbonyl (C=O) groups excluding carboxylic acids is 1. The van der Waals surface area contributed by atoms with Crippen molar-refractivity contribution in [2.75, 3.05) is 5.32 Å². The average Bonchev–Trinajstić information content (AvgIpc) is 2.49. The van der Waals surface area contributed by atoms with Gasteiger partial charge >= 0.3 is 5.97 Å². The van der Waals surface area contributed by atoms with Gasteiger partial charge in [-0.2, -0.15) is 0 Å². The van der Waals surface area contributed by atoms with E-state index in [0.29, 0.717) is 24.3 Å². The van der Waals surface area contributed by atoms with Gasteiger partial charge in [0.2, 0.25) is 5.91 Å². The number of anilines is 1. The van der Waals surface area contributed by atoms with Crippen LogP contribution in [-0.2, 0) is 9.59 Å². The van der Waals surface area contributed by atoms with E-state index in [1.165, 1.54) is 0 Å². The Morgan fingerprint density at radius 1 is 1.23 bits per heavy atom. The van der Waals surface area contributed by atoms with Crippen LogP contribution in [0.3, 0.4) is 0 Å². The third-order valence-corrected chi connectivity index (χ3v) is 3.90. The second kappa shape index (κ2) is 7.29. The predicted octanol–water partition coefficient (Wildman–Crippen LogP) is 3.30. The van der Waals surface area contributed by atoms with E-state index in [-0.39, 0.29) is 17.9 Å². The molecule has 0 aliphatic heterocycles. The Hall–Kier alpha value is -2.04. The lowest BCUT2D eigenvalue weighted by molar-refractivity contribution is -0.143. The summed E-state index contributed by atoms with van der Waals surface area (Å²) in [6, 6.07) is 7.31. The number of carboxylic acids is 1. The summed E-state index contributed by atoms with van der Waals surface area (Å²) < 4.78 is 5.68. The maximum atomic E-state index is 12.4. The van der Waals surface area contributed by atoms with Gasteiger partial charge in [0.25, 0.3) is 0 Å². The van der Waals surface area contributed by atoms with Crippen LogP contribution < -0.4 is 10.1 Å². The van der Waals surface area contributed by atoms with E-state index in [9.17, 15) is 9.59 Å². The molecule has 1 saturated carbocycles. The summed E-state index contributed by atoms with van der Waals surface area (Å²) in [4.78, 5) is 23.5. The second-order valence-corrected chi connectivity index (χ2v) is 6.05. The molecule has 0 spiro atoms. The van der Waals surface area contributed by atoms with Crippen LogP contribution in [0, 0.1) is 11.8 Å². The van der Waals surface area contributed by atoms with E-state index in [0.717, 1.165) is 12.8 Å². The standard InChI is InChI=1S/C17H23NO4/c1-11(2)22-15-9-4-3-8-14(15)18-16(19)12-6-5-7-13(10-12)17(20)21/h3-4,8-9,11-13H,5-7,10H2,1-2H3,(H,18,19)(H,20,21). The molecule has 22 heavy (non-hydrogen) atoms. The molecule has 1 aliphatic carbocycles. The summed E-state index contributed by atoms with van der Waals surface area (Å²) >= 11 is 0. The minimum absolute atomic E-state index is 0.0177. The number of aliphatic carboxylic acids is 1. The van der Waals surface area contributed by atoms with Crippen LogP contribution >= 0.6 is 0 Å². The van der Waals surface area contributed by atoms with Crippen molar-refractivity contribution < 1.29 is 19.4 Å². The number of benzene rings is 1. The first-order valence-corrected chi connectivity index (χ1v) is 7.76. The zero-order valence-electron chi connectivity index (χ0n) is 13.0. The van der Waals surface area contributed by atoms with Gasteiger partial charge in [0, 0.05) is 5.92 Å². The van der Waals surface area contributed by atoms with Crippen molar-refractivity contribution in [3.05, 3.63) is 24.3 Å². The smallest absolute Gasteiger partial charge is 0.306 e. The van der Waals surface area contributed by atoms with E-state index < -0.39 is 11.9 Å². The molecule has 0 bridgehead atoms. The highest BCUT2D eigenvalue weighted by atomic mass is 16.5.